The second-order valence-electron chi connectivity index (χ2n) is 6.39. The summed E-state index contributed by atoms with van der Waals surface area (Å²) in [6.45, 7) is 4.24. The third-order valence-corrected chi connectivity index (χ3v) is 4.35. The Kier molecular flexibility index (Phi) is 8.99. The molecule has 0 radical (unpaired) electrons. The van der Waals surface area contributed by atoms with Crippen LogP contribution >= 0.6 is 0 Å². The molecule has 0 atom stereocenters. The first-order valence-corrected chi connectivity index (χ1v) is 9.64. The number of rotatable bonds is 9. The average molecular weight is 421 g/mol. The molecule has 0 saturated carbocycles. The van der Waals surface area contributed by atoms with Crippen molar-refractivity contribution in [2.24, 2.45) is 4.99 Å². The van der Waals surface area contributed by atoms with Crippen LogP contribution in [0.5, 0.6) is 0 Å². The normalized spacial score (nSPS) is 11.2. The fraction of sp³-hybridized carbons (Fsp3) is 0.333. The van der Waals surface area contributed by atoms with E-state index < -0.39 is 29.0 Å². The molecule has 9 heteroatoms. The van der Waals surface area contributed by atoms with E-state index in [0.29, 0.717) is 12.5 Å². The first-order valence-electron chi connectivity index (χ1n) is 9.64. The monoisotopic (exact) mass is 421 g/mol. The molecule has 0 unspecified atom stereocenters. The fourth-order valence-corrected chi connectivity index (χ4v) is 2.79. The van der Waals surface area contributed by atoms with Gasteiger partial charge in [0, 0.05) is 32.4 Å². The molecule has 1 amide bonds. The molecule has 0 fully saturated rings. The van der Waals surface area contributed by atoms with Gasteiger partial charge in [-0.15, -0.1) is 0 Å². The van der Waals surface area contributed by atoms with E-state index in [0.717, 1.165) is 37.3 Å². The van der Waals surface area contributed by atoms with E-state index >= 15 is 0 Å². The lowest BCUT2D eigenvalue weighted by Crippen LogP contribution is -2.42. The van der Waals surface area contributed by atoms with Crippen LogP contribution in [0.2, 0.25) is 0 Å². The van der Waals surface area contributed by atoms with E-state index in [2.05, 4.69) is 44.9 Å². The molecule has 162 valence electrons. The molecule has 0 aliphatic carbocycles. The molecule has 0 bridgehead atoms. The third kappa shape index (κ3) is 6.68. The number of nitrogens with zero attached hydrogens (tertiary/aromatic N) is 2. The zero-order chi connectivity index (χ0) is 21.9. The second-order valence-corrected chi connectivity index (χ2v) is 6.39. The van der Waals surface area contributed by atoms with Crippen molar-refractivity contribution < 1.29 is 18.0 Å². The number of carbonyl (C=O) groups excluding carboxylic acids is 1. The van der Waals surface area contributed by atoms with Gasteiger partial charge in [-0.25, -0.2) is 13.2 Å². The molecule has 0 aliphatic heterocycles. The van der Waals surface area contributed by atoms with Crippen LogP contribution < -0.4 is 20.9 Å². The number of anilines is 2. The van der Waals surface area contributed by atoms with Gasteiger partial charge in [0.1, 0.15) is 0 Å². The Morgan fingerprint density at radius 1 is 1.03 bits per heavy atom. The molecular formula is C21H26F3N5O. The summed E-state index contributed by atoms with van der Waals surface area (Å²) < 4.78 is 39.8. The first kappa shape index (κ1) is 23.1. The van der Waals surface area contributed by atoms with Crippen LogP contribution in [0, 0.1) is 17.5 Å². The zero-order valence-corrected chi connectivity index (χ0v) is 17.0. The minimum absolute atomic E-state index is 0.219. The number of hydrogen-bond donors (Lipinski definition) is 3. The van der Waals surface area contributed by atoms with Gasteiger partial charge < -0.3 is 20.9 Å². The second kappa shape index (κ2) is 11.7. The maximum Gasteiger partial charge on any atom is 0.243 e. The van der Waals surface area contributed by atoms with Gasteiger partial charge >= 0.3 is 0 Å². The molecule has 0 spiro atoms. The van der Waals surface area contributed by atoms with Gasteiger partial charge in [-0.05, 0) is 37.6 Å². The van der Waals surface area contributed by atoms with Gasteiger partial charge in [-0.2, -0.15) is 0 Å². The van der Waals surface area contributed by atoms with Crippen molar-refractivity contribution in [1.29, 1.82) is 0 Å². The van der Waals surface area contributed by atoms with E-state index in [1.165, 1.54) is 0 Å². The van der Waals surface area contributed by atoms with Crippen LogP contribution in [-0.4, -0.2) is 45.1 Å². The van der Waals surface area contributed by atoms with Gasteiger partial charge in [0.25, 0.3) is 0 Å². The number of amides is 1. The van der Waals surface area contributed by atoms with Crippen LogP contribution in [-0.2, 0) is 4.79 Å². The summed E-state index contributed by atoms with van der Waals surface area (Å²) in [7, 11) is 1.56. The van der Waals surface area contributed by atoms with Crippen LogP contribution in [0.15, 0.2) is 47.5 Å². The molecule has 0 heterocycles. The number of hydrogen-bond acceptors (Lipinski definition) is 3. The highest BCUT2D eigenvalue weighted by atomic mass is 19.2. The SMILES string of the molecule is CCN(CCCNC(=NC)NCC(=O)Nc1ccc(F)c(F)c1F)c1ccccc1. The summed E-state index contributed by atoms with van der Waals surface area (Å²) in [6, 6.07) is 11.8. The number of halogens is 3. The highest BCUT2D eigenvalue weighted by Crippen LogP contribution is 2.19. The summed E-state index contributed by atoms with van der Waals surface area (Å²) in [5, 5.41) is 8.08. The minimum atomic E-state index is -1.63. The average Bonchev–Trinajstić information content (AvgIpc) is 2.77. The smallest absolute Gasteiger partial charge is 0.243 e. The van der Waals surface area contributed by atoms with Crippen LogP contribution in [0.1, 0.15) is 13.3 Å². The van der Waals surface area contributed by atoms with Crippen LogP contribution in [0.25, 0.3) is 0 Å². The van der Waals surface area contributed by atoms with Crippen molar-refractivity contribution in [3.63, 3.8) is 0 Å². The minimum Gasteiger partial charge on any atom is -0.372 e. The Balaban J connectivity index is 1.74. The predicted octanol–water partition coefficient (Wildman–Crippen LogP) is 3.12. The van der Waals surface area contributed by atoms with E-state index in [1.807, 2.05) is 18.2 Å². The topological polar surface area (TPSA) is 68.8 Å². The molecule has 6 nitrogen and oxygen atoms in total. The molecule has 0 aromatic heterocycles. The number of guanidine groups is 1. The van der Waals surface area contributed by atoms with Gasteiger partial charge in [0.2, 0.25) is 5.91 Å². The maximum atomic E-state index is 13.6. The fourth-order valence-electron chi connectivity index (χ4n) is 2.79. The van der Waals surface area contributed by atoms with E-state index in [9.17, 15) is 18.0 Å². The lowest BCUT2D eigenvalue weighted by atomic mass is 10.2. The van der Waals surface area contributed by atoms with E-state index in [-0.39, 0.29) is 6.54 Å². The van der Waals surface area contributed by atoms with Crippen molar-refractivity contribution in [1.82, 2.24) is 10.6 Å². The van der Waals surface area contributed by atoms with Crippen LogP contribution in [0.4, 0.5) is 24.5 Å². The van der Waals surface area contributed by atoms with Crippen molar-refractivity contribution in [2.45, 2.75) is 13.3 Å². The summed E-state index contributed by atoms with van der Waals surface area (Å²) >= 11 is 0. The van der Waals surface area contributed by atoms with Crippen molar-refractivity contribution in [3.8, 4) is 0 Å². The number of carbonyl (C=O) groups is 1. The third-order valence-electron chi connectivity index (χ3n) is 4.35. The largest absolute Gasteiger partial charge is 0.372 e. The summed E-state index contributed by atoms with van der Waals surface area (Å²) in [5.74, 6) is -4.61. The Hall–Kier alpha value is -3.23. The molecule has 30 heavy (non-hydrogen) atoms. The Morgan fingerprint density at radius 3 is 2.43 bits per heavy atom. The number of benzene rings is 2. The van der Waals surface area contributed by atoms with Crippen molar-refractivity contribution in [2.75, 3.05) is 43.4 Å². The number of nitrogens with one attached hydrogen (secondary N) is 3. The molecule has 2 rings (SSSR count). The lowest BCUT2D eigenvalue weighted by Gasteiger charge is -2.23. The Morgan fingerprint density at radius 2 is 1.77 bits per heavy atom. The number of aliphatic imine (C=N–C) groups is 1. The zero-order valence-electron chi connectivity index (χ0n) is 17.0. The molecule has 3 N–H and O–H groups in total. The van der Waals surface area contributed by atoms with Gasteiger partial charge in [0.15, 0.2) is 23.4 Å². The molecule has 0 aliphatic rings. The summed E-state index contributed by atoms with van der Waals surface area (Å²) in [4.78, 5) is 18.2. The quantitative estimate of drug-likeness (QED) is 0.252. The van der Waals surface area contributed by atoms with Crippen molar-refractivity contribution in [3.05, 3.63) is 59.9 Å². The first-order chi connectivity index (χ1) is 14.5. The molecular weight excluding hydrogens is 395 g/mol. The predicted molar refractivity (Wildman–Crippen MR) is 113 cm³/mol. The van der Waals surface area contributed by atoms with Gasteiger partial charge in [-0.3, -0.25) is 9.79 Å². The molecule has 2 aromatic rings. The standard InChI is InChI=1S/C21H26F3N5O/c1-3-29(15-8-5-4-6-9-15)13-7-12-26-21(25-2)27-14-18(30)28-17-11-10-16(22)19(23)20(17)24/h4-6,8-11H,3,7,12-14H2,1-2H3,(H,28,30)(H2,25,26,27). The highest BCUT2D eigenvalue weighted by Gasteiger charge is 2.15. The van der Waals surface area contributed by atoms with E-state index in [1.54, 1.807) is 7.05 Å². The lowest BCUT2D eigenvalue weighted by molar-refractivity contribution is -0.115. The van der Waals surface area contributed by atoms with Gasteiger partial charge in [0.05, 0.1) is 12.2 Å². The maximum absolute atomic E-state index is 13.6. The van der Waals surface area contributed by atoms with Gasteiger partial charge in [-0.1, -0.05) is 18.2 Å². The number of para-hydroxylation sites is 1. The summed E-state index contributed by atoms with van der Waals surface area (Å²) in [6.07, 6.45) is 0.843. The Labute approximate surface area is 174 Å². The van der Waals surface area contributed by atoms with Crippen molar-refractivity contribution >= 4 is 23.2 Å². The highest BCUT2D eigenvalue weighted by molar-refractivity contribution is 5.95. The summed E-state index contributed by atoms with van der Waals surface area (Å²) in [5.41, 5.74) is 0.729. The van der Waals surface area contributed by atoms with E-state index in [4.69, 9.17) is 0 Å². The Bertz CT molecular complexity index is 861. The van der Waals surface area contributed by atoms with Crippen LogP contribution in [0.3, 0.4) is 0 Å². The molecule has 0 saturated heterocycles. The molecule has 2 aromatic carbocycles.